The first kappa shape index (κ1) is 9.32. The van der Waals surface area contributed by atoms with Crippen molar-refractivity contribution in [3.05, 3.63) is 0 Å². The monoisotopic (exact) mass is 172 g/mol. The van der Waals surface area contributed by atoms with Crippen molar-refractivity contribution in [1.29, 1.82) is 0 Å². The van der Waals surface area contributed by atoms with E-state index >= 15 is 0 Å². The summed E-state index contributed by atoms with van der Waals surface area (Å²) in [6.07, 6.45) is 1.06. The zero-order valence-corrected chi connectivity index (χ0v) is 7.59. The fourth-order valence-corrected chi connectivity index (χ4v) is 1.30. The number of hydrogen-bond acceptors (Lipinski definition) is 2. The second kappa shape index (κ2) is 4.30. The number of urea groups is 1. The van der Waals surface area contributed by atoms with Gasteiger partial charge in [0.15, 0.2) is 0 Å². The highest BCUT2D eigenvalue weighted by atomic mass is 16.5. The first-order valence-corrected chi connectivity index (χ1v) is 4.40. The van der Waals surface area contributed by atoms with E-state index in [1.807, 2.05) is 13.8 Å². The van der Waals surface area contributed by atoms with Gasteiger partial charge in [-0.15, -0.1) is 0 Å². The summed E-state index contributed by atoms with van der Waals surface area (Å²) in [6.45, 7) is 5.28. The van der Waals surface area contributed by atoms with Gasteiger partial charge in [-0.1, -0.05) is 0 Å². The number of ether oxygens (including phenoxy) is 1. The van der Waals surface area contributed by atoms with Crippen molar-refractivity contribution in [2.45, 2.75) is 32.4 Å². The number of carbonyl (C=O) groups is 1. The van der Waals surface area contributed by atoms with E-state index in [0.717, 1.165) is 13.0 Å². The molecule has 0 saturated carbocycles. The molecule has 0 spiro atoms. The molecule has 12 heavy (non-hydrogen) atoms. The molecule has 1 aliphatic rings. The summed E-state index contributed by atoms with van der Waals surface area (Å²) >= 11 is 0. The Bertz CT molecular complexity index is 161. The first-order chi connectivity index (χ1) is 5.74. The number of carbonyl (C=O) groups excluding carboxylic acids is 1. The molecule has 70 valence electrons. The minimum atomic E-state index is -0.0974. The summed E-state index contributed by atoms with van der Waals surface area (Å²) in [5.74, 6) is 0. The molecule has 0 aromatic heterocycles. The smallest absolute Gasteiger partial charge is 0.315 e. The van der Waals surface area contributed by atoms with Gasteiger partial charge in [0.05, 0.1) is 12.1 Å². The summed E-state index contributed by atoms with van der Waals surface area (Å²) in [5, 5.41) is 5.54. The van der Waals surface area contributed by atoms with Crippen LogP contribution < -0.4 is 10.6 Å². The van der Waals surface area contributed by atoms with Gasteiger partial charge in [0.1, 0.15) is 0 Å². The highest BCUT2D eigenvalue weighted by Crippen LogP contribution is 2.11. The van der Waals surface area contributed by atoms with Crippen LogP contribution in [0.3, 0.4) is 0 Å². The van der Waals surface area contributed by atoms with Crippen molar-refractivity contribution in [3.8, 4) is 0 Å². The van der Waals surface area contributed by atoms with E-state index in [9.17, 15) is 4.79 Å². The number of hydrogen-bond donors (Lipinski definition) is 2. The van der Waals surface area contributed by atoms with Crippen LogP contribution in [-0.4, -0.2) is 31.3 Å². The lowest BCUT2D eigenvalue weighted by Crippen LogP contribution is -2.44. The molecule has 1 rings (SSSR count). The Kier molecular flexibility index (Phi) is 3.34. The summed E-state index contributed by atoms with van der Waals surface area (Å²) in [6, 6.07) is 0.0800. The van der Waals surface area contributed by atoms with E-state index in [2.05, 4.69) is 10.6 Å². The van der Waals surface area contributed by atoms with Crippen LogP contribution in [0.5, 0.6) is 0 Å². The summed E-state index contributed by atoms with van der Waals surface area (Å²) in [7, 11) is 0. The van der Waals surface area contributed by atoms with E-state index < -0.39 is 0 Å². The topological polar surface area (TPSA) is 50.4 Å². The zero-order valence-electron chi connectivity index (χ0n) is 7.59. The van der Waals surface area contributed by atoms with Crippen LogP contribution in [0.15, 0.2) is 0 Å². The largest absolute Gasteiger partial charge is 0.376 e. The maximum Gasteiger partial charge on any atom is 0.315 e. The normalized spacial score (nSPS) is 28.5. The maximum absolute atomic E-state index is 11.1. The average Bonchev–Trinajstić information content (AvgIpc) is 2.37. The van der Waals surface area contributed by atoms with Crippen LogP contribution in [0.1, 0.15) is 20.3 Å². The molecule has 2 unspecified atom stereocenters. The fourth-order valence-electron chi connectivity index (χ4n) is 1.30. The third-order valence-electron chi connectivity index (χ3n) is 2.03. The van der Waals surface area contributed by atoms with Gasteiger partial charge in [0.2, 0.25) is 0 Å². The Morgan fingerprint density at radius 2 is 2.42 bits per heavy atom. The first-order valence-electron chi connectivity index (χ1n) is 4.40. The van der Waals surface area contributed by atoms with Gasteiger partial charge < -0.3 is 15.4 Å². The van der Waals surface area contributed by atoms with E-state index in [0.29, 0.717) is 6.54 Å². The van der Waals surface area contributed by atoms with Crippen LogP contribution in [0, 0.1) is 0 Å². The summed E-state index contributed by atoms with van der Waals surface area (Å²) in [4.78, 5) is 11.1. The van der Waals surface area contributed by atoms with Gasteiger partial charge in [-0.2, -0.15) is 0 Å². The Labute approximate surface area is 72.7 Å². The third kappa shape index (κ3) is 2.37. The lowest BCUT2D eigenvalue weighted by Gasteiger charge is -2.15. The molecule has 2 amide bonds. The molecule has 0 aromatic rings. The molecule has 0 bridgehead atoms. The molecule has 2 atom stereocenters. The molecule has 2 N–H and O–H groups in total. The molecule has 1 heterocycles. The standard InChI is InChI=1S/C8H16N2O2/c1-3-9-8(11)10-7-4-5-12-6(7)2/h6-7H,3-5H2,1-2H3,(H2,9,10,11). The Morgan fingerprint density at radius 1 is 1.67 bits per heavy atom. The quantitative estimate of drug-likeness (QED) is 0.636. The Balaban J connectivity index is 2.25. The van der Waals surface area contributed by atoms with Crippen molar-refractivity contribution in [2.24, 2.45) is 0 Å². The maximum atomic E-state index is 11.1. The second-order valence-electron chi connectivity index (χ2n) is 2.97. The Hall–Kier alpha value is -0.770. The fraction of sp³-hybridized carbons (Fsp3) is 0.875. The predicted octanol–water partition coefficient (Wildman–Crippen LogP) is 0.483. The molecule has 4 nitrogen and oxygen atoms in total. The van der Waals surface area contributed by atoms with Gasteiger partial charge in [-0.05, 0) is 20.3 Å². The second-order valence-corrected chi connectivity index (χ2v) is 2.97. The van der Waals surface area contributed by atoms with E-state index in [4.69, 9.17) is 4.74 Å². The number of nitrogens with one attached hydrogen (secondary N) is 2. The highest BCUT2D eigenvalue weighted by molar-refractivity contribution is 5.74. The van der Waals surface area contributed by atoms with Crippen LogP contribution in [-0.2, 0) is 4.74 Å². The highest BCUT2D eigenvalue weighted by Gasteiger charge is 2.25. The molecule has 1 saturated heterocycles. The minimum absolute atomic E-state index is 0.0974. The number of rotatable bonds is 2. The van der Waals surface area contributed by atoms with Crippen LogP contribution in [0.4, 0.5) is 4.79 Å². The third-order valence-corrected chi connectivity index (χ3v) is 2.03. The summed E-state index contributed by atoms with van der Waals surface area (Å²) in [5.41, 5.74) is 0. The van der Waals surface area contributed by atoms with Crippen LogP contribution >= 0.6 is 0 Å². The SMILES string of the molecule is CCNC(=O)NC1CCOC1C. The molecule has 0 aromatic carbocycles. The van der Waals surface area contributed by atoms with Gasteiger partial charge >= 0.3 is 6.03 Å². The zero-order chi connectivity index (χ0) is 8.97. The van der Waals surface area contributed by atoms with E-state index in [1.54, 1.807) is 0 Å². The molecular weight excluding hydrogens is 156 g/mol. The lowest BCUT2D eigenvalue weighted by atomic mass is 10.2. The predicted molar refractivity (Wildman–Crippen MR) is 46.0 cm³/mol. The van der Waals surface area contributed by atoms with Crippen molar-refractivity contribution in [1.82, 2.24) is 10.6 Å². The average molecular weight is 172 g/mol. The molecule has 0 aliphatic carbocycles. The van der Waals surface area contributed by atoms with E-state index in [-0.39, 0.29) is 18.2 Å². The van der Waals surface area contributed by atoms with Crippen molar-refractivity contribution in [2.75, 3.05) is 13.2 Å². The molecule has 4 heteroatoms. The molecule has 0 radical (unpaired) electrons. The van der Waals surface area contributed by atoms with Gasteiger partial charge in [-0.25, -0.2) is 4.79 Å². The van der Waals surface area contributed by atoms with Crippen molar-refractivity contribution < 1.29 is 9.53 Å². The Morgan fingerprint density at radius 3 is 2.92 bits per heavy atom. The van der Waals surface area contributed by atoms with Gasteiger partial charge in [-0.3, -0.25) is 0 Å². The molecule has 1 aliphatic heterocycles. The van der Waals surface area contributed by atoms with Crippen LogP contribution in [0.2, 0.25) is 0 Å². The van der Waals surface area contributed by atoms with Crippen molar-refractivity contribution >= 4 is 6.03 Å². The van der Waals surface area contributed by atoms with Crippen LogP contribution in [0.25, 0.3) is 0 Å². The van der Waals surface area contributed by atoms with Crippen molar-refractivity contribution in [3.63, 3.8) is 0 Å². The van der Waals surface area contributed by atoms with Gasteiger partial charge in [0, 0.05) is 13.2 Å². The molecular formula is C8H16N2O2. The lowest BCUT2D eigenvalue weighted by molar-refractivity contribution is 0.114. The molecule has 1 fully saturated rings. The minimum Gasteiger partial charge on any atom is -0.376 e. The number of amides is 2. The van der Waals surface area contributed by atoms with E-state index in [1.165, 1.54) is 0 Å². The summed E-state index contributed by atoms with van der Waals surface area (Å²) < 4.78 is 5.30. The van der Waals surface area contributed by atoms with Gasteiger partial charge in [0.25, 0.3) is 0 Å².